The summed E-state index contributed by atoms with van der Waals surface area (Å²) < 4.78 is 39.2. The predicted molar refractivity (Wildman–Crippen MR) is 128 cm³/mol. The van der Waals surface area contributed by atoms with Gasteiger partial charge in [0, 0.05) is 4.90 Å². The Morgan fingerprint density at radius 2 is 1.53 bits per heavy atom. The minimum absolute atomic E-state index is 0.0195. The molecule has 0 amide bonds. The third-order valence-electron chi connectivity index (χ3n) is 4.89. The lowest BCUT2D eigenvalue weighted by molar-refractivity contribution is 0.293. The van der Waals surface area contributed by atoms with Gasteiger partial charge in [-0.15, -0.1) is 4.40 Å². The number of sulfonamides is 1. The third kappa shape index (κ3) is 4.76. The summed E-state index contributed by atoms with van der Waals surface area (Å²) in [6.45, 7) is 0. The van der Waals surface area contributed by atoms with E-state index in [-0.39, 0.29) is 10.8 Å². The Labute approximate surface area is 201 Å². The van der Waals surface area contributed by atoms with E-state index in [1.54, 1.807) is 0 Å². The summed E-state index contributed by atoms with van der Waals surface area (Å²) in [5.74, 6) is -0.276. The van der Waals surface area contributed by atoms with Gasteiger partial charge >= 0.3 is 0 Å². The molecule has 0 saturated carbocycles. The Morgan fingerprint density at radius 1 is 0.938 bits per heavy atom. The molecule has 0 aromatic heterocycles. The van der Waals surface area contributed by atoms with Gasteiger partial charge in [-0.3, -0.25) is 0 Å². The summed E-state index contributed by atoms with van der Waals surface area (Å²) in [4.78, 5) is 0.913. The van der Waals surface area contributed by atoms with Gasteiger partial charge in [0.2, 0.25) is 10.2 Å². The first-order valence-corrected chi connectivity index (χ1v) is 12.7. The number of methoxy groups -OCH3 is 1. The summed E-state index contributed by atoms with van der Waals surface area (Å²) in [5, 5.41) is 0. The maximum Gasteiger partial charge on any atom is 0.285 e. The number of thioether (sulfide) groups is 1. The fraction of sp³-hybridized carbons (Fsp3) is 0.174. The van der Waals surface area contributed by atoms with Gasteiger partial charge in [-0.05, 0) is 42.0 Å². The van der Waals surface area contributed by atoms with Gasteiger partial charge in [0.05, 0.1) is 17.9 Å². The first-order valence-electron chi connectivity index (χ1n) is 9.62. The van der Waals surface area contributed by atoms with Crippen molar-refractivity contribution in [3.05, 3.63) is 90.5 Å². The first-order chi connectivity index (χ1) is 15.3. The van der Waals surface area contributed by atoms with Crippen LogP contribution in [-0.4, -0.2) is 31.2 Å². The number of rotatable bonds is 6. The molecule has 0 aliphatic carbocycles. The highest BCUT2D eigenvalue weighted by atomic mass is 35.5. The highest BCUT2D eigenvalue weighted by molar-refractivity contribution is 7.99. The average molecular weight is 508 g/mol. The summed E-state index contributed by atoms with van der Waals surface area (Å²) >= 11 is 14.9. The molecule has 0 unspecified atom stereocenters. The number of ether oxygens (including phenoxy) is 2. The predicted octanol–water partition coefficient (Wildman–Crippen LogP) is 5.89. The third-order valence-corrected chi connectivity index (χ3v) is 8.10. The van der Waals surface area contributed by atoms with Crippen molar-refractivity contribution < 1.29 is 17.9 Å². The highest BCUT2D eigenvalue weighted by Gasteiger charge is 2.55. The van der Waals surface area contributed by atoms with E-state index in [2.05, 4.69) is 4.40 Å². The lowest BCUT2D eigenvalue weighted by Crippen LogP contribution is -2.28. The molecule has 0 bridgehead atoms. The second-order valence-electron chi connectivity index (χ2n) is 6.98. The number of hydrogen-bond donors (Lipinski definition) is 0. The van der Waals surface area contributed by atoms with E-state index in [4.69, 9.17) is 32.7 Å². The van der Waals surface area contributed by atoms with Crippen LogP contribution >= 0.6 is 35.0 Å². The highest BCUT2D eigenvalue weighted by Crippen LogP contribution is 2.53. The van der Waals surface area contributed by atoms with Crippen LogP contribution in [0.15, 0.2) is 99.1 Å². The second-order valence-corrected chi connectivity index (χ2v) is 11.1. The van der Waals surface area contributed by atoms with E-state index in [9.17, 15) is 8.42 Å². The summed E-state index contributed by atoms with van der Waals surface area (Å²) in [6, 6.07) is 24.9. The van der Waals surface area contributed by atoms with Crippen LogP contribution in [0, 0.1) is 0 Å². The molecule has 0 N–H and O–H groups in total. The van der Waals surface area contributed by atoms with Crippen molar-refractivity contribution in [2.45, 2.75) is 25.5 Å². The van der Waals surface area contributed by atoms with E-state index in [1.165, 1.54) is 43.1 Å². The molecular formula is C23H19Cl2NO4S2. The van der Waals surface area contributed by atoms with E-state index >= 15 is 0 Å². The maximum absolute atomic E-state index is 13.0. The maximum atomic E-state index is 13.0. The minimum Gasteiger partial charge on any atom is -0.497 e. The van der Waals surface area contributed by atoms with E-state index < -0.39 is 25.7 Å². The van der Waals surface area contributed by atoms with Crippen LogP contribution < -0.4 is 4.74 Å². The lowest BCUT2D eigenvalue weighted by Gasteiger charge is -2.23. The molecule has 1 aliphatic rings. The summed E-state index contributed by atoms with van der Waals surface area (Å²) in [6.07, 6.45) is 0. The molecule has 5 nitrogen and oxygen atoms in total. The molecule has 3 aromatic rings. The van der Waals surface area contributed by atoms with Gasteiger partial charge in [0.15, 0.2) is 5.44 Å². The number of alkyl halides is 2. The Bertz CT molecular complexity index is 1200. The molecule has 32 heavy (non-hydrogen) atoms. The fourth-order valence-electron chi connectivity index (χ4n) is 3.30. The molecular weight excluding hydrogens is 489 g/mol. The molecule has 1 heterocycles. The van der Waals surface area contributed by atoms with Crippen LogP contribution in [0.25, 0.3) is 0 Å². The quantitative estimate of drug-likeness (QED) is 0.389. The average Bonchev–Trinajstić information content (AvgIpc) is 3.03. The van der Waals surface area contributed by atoms with Gasteiger partial charge in [-0.2, -0.15) is 8.42 Å². The minimum atomic E-state index is -4.11. The van der Waals surface area contributed by atoms with Gasteiger partial charge in [0.25, 0.3) is 10.0 Å². The van der Waals surface area contributed by atoms with E-state index in [1.807, 2.05) is 60.7 Å². The monoisotopic (exact) mass is 507 g/mol. The Kier molecular flexibility index (Phi) is 6.72. The molecule has 9 heteroatoms. The van der Waals surface area contributed by atoms with Crippen LogP contribution in [0.1, 0.15) is 11.5 Å². The van der Waals surface area contributed by atoms with Gasteiger partial charge in [-0.25, -0.2) is 0 Å². The fourth-order valence-corrected chi connectivity index (χ4v) is 6.42. The number of hydrogen-bond acceptors (Lipinski definition) is 5. The van der Waals surface area contributed by atoms with Crippen molar-refractivity contribution in [1.29, 1.82) is 0 Å². The standard InChI is InChI=1S/C23H19Cl2NO4S2/c1-29-17-12-14-19(15-13-17)32(27,28)26-22-23(24,25)20(16-8-4-2-5-9-16)21(30-22)31-18-10-6-3-7-11-18/h2-15,20-21H,1H3/b26-22-/t20-,21-/m1/s1. The van der Waals surface area contributed by atoms with Crippen LogP contribution in [0.4, 0.5) is 0 Å². The molecule has 1 fully saturated rings. The molecule has 2 atom stereocenters. The van der Waals surface area contributed by atoms with Crippen LogP contribution in [-0.2, 0) is 14.8 Å². The SMILES string of the molecule is COc1ccc(S(=O)(=O)/N=C2\O[C@H](Sc3ccccc3)[C@@H](c3ccccc3)C2(Cl)Cl)cc1. The zero-order valence-electron chi connectivity index (χ0n) is 16.9. The van der Waals surface area contributed by atoms with E-state index in [0.29, 0.717) is 5.75 Å². The smallest absolute Gasteiger partial charge is 0.285 e. The van der Waals surface area contributed by atoms with Gasteiger partial charge in [0.1, 0.15) is 5.75 Å². The molecule has 166 valence electrons. The second kappa shape index (κ2) is 9.35. The number of benzene rings is 3. The molecule has 1 saturated heterocycles. The van der Waals surface area contributed by atoms with Crippen LogP contribution in [0.3, 0.4) is 0 Å². The Hall–Kier alpha value is -2.19. The number of nitrogens with zero attached hydrogens (tertiary/aromatic N) is 1. The van der Waals surface area contributed by atoms with E-state index in [0.717, 1.165) is 10.5 Å². The van der Waals surface area contributed by atoms with Crippen molar-refractivity contribution in [1.82, 2.24) is 0 Å². The van der Waals surface area contributed by atoms with Crippen molar-refractivity contribution in [2.24, 2.45) is 4.40 Å². The summed E-state index contributed by atoms with van der Waals surface area (Å²) in [5.41, 5.74) is 0.234. The molecule has 1 aliphatic heterocycles. The van der Waals surface area contributed by atoms with Crippen molar-refractivity contribution in [3.63, 3.8) is 0 Å². The molecule has 3 aromatic carbocycles. The van der Waals surface area contributed by atoms with Crippen molar-refractivity contribution >= 4 is 50.9 Å². The molecule has 0 spiro atoms. The molecule has 4 rings (SSSR count). The lowest BCUT2D eigenvalue weighted by atomic mass is 9.97. The number of halogens is 2. The van der Waals surface area contributed by atoms with Crippen LogP contribution in [0.2, 0.25) is 0 Å². The topological polar surface area (TPSA) is 65.0 Å². The molecule has 0 radical (unpaired) electrons. The Morgan fingerprint density at radius 3 is 2.12 bits per heavy atom. The van der Waals surface area contributed by atoms with Gasteiger partial charge in [-0.1, -0.05) is 83.5 Å². The van der Waals surface area contributed by atoms with Crippen molar-refractivity contribution in [2.75, 3.05) is 7.11 Å². The van der Waals surface area contributed by atoms with Crippen molar-refractivity contribution in [3.8, 4) is 5.75 Å². The zero-order chi connectivity index (χ0) is 22.8. The largest absolute Gasteiger partial charge is 0.497 e. The van der Waals surface area contributed by atoms with Crippen LogP contribution in [0.5, 0.6) is 5.75 Å². The first kappa shape index (κ1) is 23.0. The zero-order valence-corrected chi connectivity index (χ0v) is 20.0. The normalized spacial score (nSPS) is 21.3. The summed E-state index contributed by atoms with van der Waals surface area (Å²) in [7, 11) is -2.61. The van der Waals surface area contributed by atoms with Gasteiger partial charge < -0.3 is 9.47 Å². The Balaban J connectivity index is 1.73.